The van der Waals surface area contributed by atoms with Crippen LogP contribution >= 0.6 is 35.3 Å². The summed E-state index contributed by atoms with van der Waals surface area (Å²) in [5.41, 5.74) is 2.04. The summed E-state index contributed by atoms with van der Waals surface area (Å²) >= 11 is 1.67. The molecule has 2 aromatic heterocycles. The number of aryl methyl sites for hydroxylation is 3. The van der Waals surface area contributed by atoms with Gasteiger partial charge in [0.2, 0.25) is 5.89 Å². The van der Waals surface area contributed by atoms with E-state index in [-0.39, 0.29) is 24.0 Å². The number of nitrogens with one attached hydrogen (secondary N) is 2. The maximum Gasteiger partial charge on any atom is 0.214 e. The van der Waals surface area contributed by atoms with Crippen molar-refractivity contribution in [3.8, 4) is 0 Å². The Morgan fingerprint density at radius 3 is 2.59 bits per heavy atom. The zero-order valence-electron chi connectivity index (χ0n) is 13.3. The summed E-state index contributed by atoms with van der Waals surface area (Å²) in [5.74, 6) is 2.26. The van der Waals surface area contributed by atoms with Crippen molar-refractivity contribution in [2.75, 3.05) is 13.6 Å². The van der Waals surface area contributed by atoms with E-state index in [2.05, 4.69) is 31.0 Å². The first-order chi connectivity index (χ1) is 10.1. The Labute approximate surface area is 151 Å². The van der Waals surface area contributed by atoms with E-state index in [0.717, 1.165) is 41.1 Å². The second-order valence-corrected chi connectivity index (χ2v) is 5.77. The van der Waals surface area contributed by atoms with E-state index in [4.69, 9.17) is 4.42 Å². The minimum atomic E-state index is 0. The van der Waals surface area contributed by atoms with Gasteiger partial charge in [-0.3, -0.25) is 4.99 Å². The summed E-state index contributed by atoms with van der Waals surface area (Å²) in [5, 5.41) is 9.62. The molecular formula is C14H22IN5OS. The van der Waals surface area contributed by atoms with Gasteiger partial charge in [0.1, 0.15) is 5.76 Å². The van der Waals surface area contributed by atoms with Crippen LogP contribution in [-0.2, 0) is 13.0 Å². The molecule has 0 aromatic carbocycles. The third-order valence-electron chi connectivity index (χ3n) is 3.04. The Bertz CT molecular complexity index is 603. The van der Waals surface area contributed by atoms with Gasteiger partial charge in [-0.05, 0) is 20.8 Å². The average Bonchev–Trinajstić information content (AvgIpc) is 3.00. The van der Waals surface area contributed by atoms with Crippen LogP contribution in [0.3, 0.4) is 0 Å². The van der Waals surface area contributed by atoms with Gasteiger partial charge < -0.3 is 15.1 Å². The molecule has 8 heteroatoms. The van der Waals surface area contributed by atoms with Gasteiger partial charge >= 0.3 is 0 Å². The maximum absolute atomic E-state index is 5.52. The molecule has 0 fully saturated rings. The molecular weight excluding hydrogens is 413 g/mol. The quantitative estimate of drug-likeness (QED) is 0.429. The van der Waals surface area contributed by atoms with Gasteiger partial charge in [0.15, 0.2) is 5.96 Å². The lowest BCUT2D eigenvalue weighted by Crippen LogP contribution is -2.37. The second-order valence-electron chi connectivity index (χ2n) is 4.71. The van der Waals surface area contributed by atoms with E-state index in [1.54, 1.807) is 18.4 Å². The molecule has 122 valence electrons. The van der Waals surface area contributed by atoms with Gasteiger partial charge in [0.05, 0.1) is 22.9 Å². The van der Waals surface area contributed by atoms with Gasteiger partial charge in [-0.25, -0.2) is 9.97 Å². The second kappa shape index (κ2) is 9.09. The number of aliphatic imine (C=N–C) groups is 1. The van der Waals surface area contributed by atoms with Gasteiger partial charge in [-0.1, -0.05) is 0 Å². The summed E-state index contributed by atoms with van der Waals surface area (Å²) in [6, 6.07) is 0. The molecule has 22 heavy (non-hydrogen) atoms. The van der Waals surface area contributed by atoms with Crippen LogP contribution in [0.2, 0.25) is 0 Å². The molecule has 2 N–H and O–H groups in total. The van der Waals surface area contributed by atoms with Gasteiger partial charge in [0, 0.05) is 25.4 Å². The van der Waals surface area contributed by atoms with Gasteiger partial charge in [-0.15, -0.1) is 35.3 Å². The van der Waals surface area contributed by atoms with Crippen LogP contribution in [0.15, 0.2) is 14.8 Å². The van der Waals surface area contributed by atoms with Crippen molar-refractivity contribution in [3.63, 3.8) is 0 Å². The normalized spacial score (nSPS) is 11.2. The van der Waals surface area contributed by atoms with Crippen molar-refractivity contribution in [2.45, 2.75) is 33.7 Å². The molecule has 0 atom stereocenters. The number of guanidine groups is 1. The van der Waals surface area contributed by atoms with Crippen LogP contribution in [0.1, 0.15) is 28.0 Å². The fraction of sp³-hybridized carbons (Fsp3) is 0.500. The highest BCUT2D eigenvalue weighted by molar-refractivity contribution is 14.0. The van der Waals surface area contributed by atoms with Crippen LogP contribution < -0.4 is 10.6 Å². The lowest BCUT2D eigenvalue weighted by Gasteiger charge is -2.09. The highest BCUT2D eigenvalue weighted by Gasteiger charge is 2.06. The Kier molecular flexibility index (Phi) is 7.80. The van der Waals surface area contributed by atoms with E-state index in [9.17, 15) is 0 Å². The number of halogens is 1. The molecule has 0 saturated heterocycles. The smallest absolute Gasteiger partial charge is 0.214 e. The zero-order chi connectivity index (χ0) is 15.2. The maximum atomic E-state index is 5.52. The highest BCUT2D eigenvalue weighted by Crippen LogP contribution is 2.08. The number of nitrogens with zero attached hydrogens (tertiary/aromatic N) is 3. The lowest BCUT2D eigenvalue weighted by atomic mass is 10.3. The van der Waals surface area contributed by atoms with Crippen LogP contribution in [-0.4, -0.2) is 29.5 Å². The van der Waals surface area contributed by atoms with Gasteiger partial charge in [-0.2, -0.15) is 0 Å². The molecule has 0 unspecified atom stereocenters. The SMILES string of the molecule is CN=C(NCCc1csc(C)n1)NCc1nc(C)c(C)o1.I. The minimum absolute atomic E-state index is 0. The van der Waals surface area contributed by atoms with Crippen molar-refractivity contribution < 1.29 is 4.42 Å². The third-order valence-corrected chi connectivity index (χ3v) is 3.87. The molecule has 0 bridgehead atoms. The third kappa shape index (κ3) is 5.56. The average molecular weight is 435 g/mol. The first-order valence-corrected chi connectivity index (χ1v) is 7.75. The molecule has 2 rings (SSSR count). The molecule has 0 radical (unpaired) electrons. The Morgan fingerprint density at radius 2 is 2.05 bits per heavy atom. The number of oxazole rings is 1. The molecule has 2 heterocycles. The monoisotopic (exact) mass is 435 g/mol. The molecule has 0 aliphatic heterocycles. The predicted octanol–water partition coefficient (Wildman–Crippen LogP) is 2.58. The largest absolute Gasteiger partial charge is 0.444 e. The van der Waals surface area contributed by atoms with Gasteiger partial charge in [0.25, 0.3) is 0 Å². The fourth-order valence-corrected chi connectivity index (χ4v) is 2.47. The molecule has 0 amide bonds. The van der Waals surface area contributed by atoms with E-state index < -0.39 is 0 Å². The lowest BCUT2D eigenvalue weighted by molar-refractivity contribution is 0.463. The summed E-state index contributed by atoms with van der Waals surface area (Å²) in [6.45, 7) is 7.17. The summed E-state index contributed by atoms with van der Waals surface area (Å²) < 4.78 is 5.52. The zero-order valence-corrected chi connectivity index (χ0v) is 16.4. The first kappa shape index (κ1) is 18.9. The molecule has 2 aromatic rings. The number of aromatic nitrogens is 2. The Morgan fingerprint density at radius 1 is 1.27 bits per heavy atom. The van der Waals surface area contributed by atoms with Crippen LogP contribution in [0.4, 0.5) is 0 Å². The summed E-state index contributed by atoms with van der Waals surface area (Å²) in [7, 11) is 1.74. The van der Waals surface area contributed by atoms with Crippen molar-refractivity contribution in [3.05, 3.63) is 33.4 Å². The van der Waals surface area contributed by atoms with E-state index in [1.807, 2.05) is 20.8 Å². The van der Waals surface area contributed by atoms with Crippen LogP contribution in [0.25, 0.3) is 0 Å². The topological polar surface area (TPSA) is 75.3 Å². The summed E-state index contributed by atoms with van der Waals surface area (Å²) in [4.78, 5) is 12.9. The Hall–Kier alpha value is -1.16. The van der Waals surface area contributed by atoms with Crippen molar-refractivity contribution >= 4 is 41.3 Å². The van der Waals surface area contributed by atoms with E-state index in [1.165, 1.54) is 0 Å². The van der Waals surface area contributed by atoms with E-state index in [0.29, 0.717) is 12.4 Å². The van der Waals surface area contributed by atoms with E-state index >= 15 is 0 Å². The molecule has 0 spiro atoms. The predicted molar refractivity (Wildman–Crippen MR) is 100 cm³/mol. The number of rotatable bonds is 5. The van der Waals surface area contributed by atoms with Crippen LogP contribution in [0.5, 0.6) is 0 Å². The number of thiazole rings is 1. The number of hydrogen-bond acceptors (Lipinski definition) is 5. The standard InChI is InChI=1S/C14H21N5OS.HI/c1-9-10(2)20-13(18-9)7-17-14(15-4)16-6-5-12-8-21-11(3)19-12;/h8H,5-7H2,1-4H3,(H2,15,16,17);1H. The van der Waals surface area contributed by atoms with Crippen molar-refractivity contribution in [1.29, 1.82) is 0 Å². The first-order valence-electron chi connectivity index (χ1n) is 6.87. The molecule has 0 aliphatic rings. The molecule has 0 saturated carbocycles. The van der Waals surface area contributed by atoms with Crippen LogP contribution in [0, 0.1) is 20.8 Å². The number of hydrogen-bond donors (Lipinski definition) is 2. The van der Waals surface area contributed by atoms with Crippen molar-refractivity contribution in [2.24, 2.45) is 4.99 Å². The summed E-state index contributed by atoms with van der Waals surface area (Å²) in [6.07, 6.45) is 0.877. The molecule has 0 aliphatic carbocycles. The minimum Gasteiger partial charge on any atom is -0.444 e. The highest BCUT2D eigenvalue weighted by atomic mass is 127. The fourth-order valence-electron chi connectivity index (χ4n) is 1.83. The molecule has 6 nitrogen and oxygen atoms in total. The Balaban J connectivity index is 0.00000242. The van der Waals surface area contributed by atoms with Crippen molar-refractivity contribution in [1.82, 2.24) is 20.6 Å².